The first kappa shape index (κ1) is 13.3. The van der Waals surface area contributed by atoms with Crippen LogP contribution in [0.5, 0.6) is 0 Å². The van der Waals surface area contributed by atoms with Crippen LogP contribution in [-0.4, -0.2) is 21.6 Å². The van der Waals surface area contributed by atoms with Gasteiger partial charge in [0.05, 0.1) is 11.0 Å². The summed E-state index contributed by atoms with van der Waals surface area (Å²) in [6.07, 6.45) is 0. The van der Waals surface area contributed by atoms with Crippen molar-refractivity contribution in [2.45, 2.75) is 34.2 Å². The van der Waals surface area contributed by atoms with Crippen molar-refractivity contribution in [3.63, 3.8) is 0 Å². The van der Waals surface area contributed by atoms with Crippen LogP contribution in [0.4, 0.5) is 0 Å². The highest BCUT2D eigenvalue weighted by Crippen LogP contribution is 2.23. The van der Waals surface area contributed by atoms with Gasteiger partial charge in [-0.3, -0.25) is 4.79 Å². The number of nitrogens with two attached hydrogens (primary N) is 1. The number of aromatic carboxylic acids is 1. The molecule has 0 fully saturated rings. The molecule has 0 atom stereocenters. The molecule has 3 N–H and O–H groups in total. The van der Waals surface area contributed by atoms with Gasteiger partial charge in [0.2, 0.25) is 5.91 Å². The topological polar surface area (TPSA) is 85.3 Å². The number of carbonyl (C=O) groups excluding carboxylic acids is 1. The van der Waals surface area contributed by atoms with Gasteiger partial charge in [0.1, 0.15) is 0 Å². The Morgan fingerprint density at radius 3 is 2.29 bits per heavy atom. The van der Waals surface area contributed by atoms with Crippen molar-refractivity contribution in [1.29, 1.82) is 0 Å². The van der Waals surface area contributed by atoms with Gasteiger partial charge < -0.3 is 15.4 Å². The second-order valence-electron chi connectivity index (χ2n) is 4.92. The maximum Gasteiger partial charge on any atom is 0.337 e. The summed E-state index contributed by atoms with van der Waals surface area (Å²) in [7, 11) is 0. The molecule has 0 saturated heterocycles. The number of primary amides is 1. The number of hydrogen-bond acceptors (Lipinski definition) is 2. The summed E-state index contributed by atoms with van der Waals surface area (Å²) in [5.74, 6) is -1.36. The van der Waals surface area contributed by atoms with Gasteiger partial charge in [-0.15, -0.1) is 0 Å². The van der Waals surface area contributed by atoms with E-state index in [4.69, 9.17) is 10.8 Å². The highest BCUT2D eigenvalue weighted by Gasteiger charge is 2.27. The van der Waals surface area contributed by atoms with Crippen molar-refractivity contribution in [1.82, 2.24) is 4.57 Å². The molecule has 1 aromatic heterocycles. The zero-order valence-corrected chi connectivity index (χ0v) is 10.6. The maximum absolute atomic E-state index is 11.3. The fraction of sp³-hybridized carbons (Fsp3) is 0.500. The summed E-state index contributed by atoms with van der Waals surface area (Å²) in [5.41, 5.74) is 6.34. The van der Waals surface area contributed by atoms with Gasteiger partial charge in [-0.2, -0.15) is 0 Å². The van der Waals surface area contributed by atoms with Crippen LogP contribution in [0.2, 0.25) is 0 Å². The number of amides is 1. The number of carboxylic acid groups (broad SMARTS) is 1. The van der Waals surface area contributed by atoms with Gasteiger partial charge in [0.15, 0.2) is 0 Å². The first-order valence-electron chi connectivity index (χ1n) is 5.36. The maximum atomic E-state index is 11.3. The Kier molecular flexibility index (Phi) is 3.31. The lowest BCUT2D eigenvalue weighted by Crippen LogP contribution is -2.35. The normalized spacial score (nSPS) is 11.5. The Hall–Kier alpha value is -1.78. The molecular weight excluding hydrogens is 220 g/mol. The van der Waals surface area contributed by atoms with Gasteiger partial charge in [0, 0.05) is 17.9 Å². The Morgan fingerprint density at radius 2 is 1.94 bits per heavy atom. The molecule has 1 amide bonds. The second kappa shape index (κ2) is 4.24. The summed E-state index contributed by atoms with van der Waals surface area (Å²) in [6.45, 7) is 7.42. The molecule has 0 radical (unpaired) electrons. The SMILES string of the molecule is Cc1cc(C(=O)O)c(C)n1CC(C)(C)C(N)=O. The number of hydrogen-bond donors (Lipinski definition) is 2. The molecule has 0 aliphatic carbocycles. The predicted molar refractivity (Wildman–Crippen MR) is 63.8 cm³/mol. The molecule has 0 bridgehead atoms. The molecule has 0 aliphatic rings. The van der Waals surface area contributed by atoms with Gasteiger partial charge in [-0.1, -0.05) is 0 Å². The molecule has 5 nitrogen and oxygen atoms in total. The molecule has 0 saturated carbocycles. The van der Waals surface area contributed by atoms with E-state index in [0.29, 0.717) is 12.2 Å². The standard InChI is InChI=1S/C12H18N2O3/c1-7-5-9(10(15)16)8(2)14(7)6-12(3,4)11(13)17/h5H,6H2,1-4H3,(H2,13,17)(H,15,16). The van der Waals surface area contributed by atoms with E-state index in [1.807, 2.05) is 11.5 Å². The molecule has 1 heterocycles. The fourth-order valence-electron chi connectivity index (χ4n) is 1.73. The molecule has 1 rings (SSSR count). The Labute approximate surface area is 100 Å². The zero-order chi connectivity index (χ0) is 13.4. The minimum absolute atomic E-state index is 0.266. The van der Waals surface area contributed by atoms with Crippen molar-refractivity contribution >= 4 is 11.9 Å². The summed E-state index contributed by atoms with van der Waals surface area (Å²) in [4.78, 5) is 22.3. The van der Waals surface area contributed by atoms with Crippen LogP contribution in [0.25, 0.3) is 0 Å². The molecule has 17 heavy (non-hydrogen) atoms. The number of nitrogens with zero attached hydrogens (tertiary/aromatic N) is 1. The van der Waals surface area contributed by atoms with E-state index in [1.165, 1.54) is 0 Å². The minimum atomic E-state index is -0.957. The molecule has 5 heteroatoms. The summed E-state index contributed by atoms with van der Waals surface area (Å²) in [5, 5.41) is 9.01. The Bertz CT molecular complexity index is 472. The molecule has 94 valence electrons. The average Bonchev–Trinajstić information content (AvgIpc) is 2.45. The van der Waals surface area contributed by atoms with E-state index >= 15 is 0 Å². The van der Waals surface area contributed by atoms with Crippen LogP contribution < -0.4 is 5.73 Å². The molecule has 0 spiro atoms. The van der Waals surface area contributed by atoms with E-state index < -0.39 is 17.3 Å². The third-order valence-corrected chi connectivity index (χ3v) is 3.02. The smallest absolute Gasteiger partial charge is 0.337 e. The fourth-order valence-corrected chi connectivity index (χ4v) is 1.73. The lowest BCUT2D eigenvalue weighted by Gasteiger charge is -2.23. The van der Waals surface area contributed by atoms with Crippen LogP contribution >= 0.6 is 0 Å². The summed E-state index contributed by atoms with van der Waals surface area (Å²) < 4.78 is 1.81. The largest absolute Gasteiger partial charge is 0.478 e. The first-order chi connectivity index (χ1) is 7.66. The number of carbonyl (C=O) groups is 2. The number of carboxylic acids is 1. The van der Waals surface area contributed by atoms with Crippen LogP contribution in [0, 0.1) is 19.3 Å². The molecule has 0 aromatic carbocycles. The Morgan fingerprint density at radius 1 is 1.41 bits per heavy atom. The summed E-state index contributed by atoms with van der Waals surface area (Å²) in [6, 6.07) is 1.61. The quantitative estimate of drug-likeness (QED) is 0.829. The molecule has 0 aliphatic heterocycles. The number of rotatable bonds is 4. The van der Waals surface area contributed by atoms with Gasteiger partial charge in [0.25, 0.3) is 0 Å². The van der Waals surface area contributed by atoms with Crippen molar-refractivity contribution in [3.05, 3.63) is 23.0 Å². The van der Waals surface area contributed by atoms with E-state index in [-0.39, 0.29) is 5.56 Å². The van der Waals surface area contributed by atoms with Crippen molar-refractivity contribution < 1.29 is 14.7 Å². The van der Waals surface area contributed by atoms with Crippen LogP contribution in [0.3, 0.4) is 0 Å². The zero-order valence-electron chi connectivity index (χ0n) is 10.6. The third-order valence-electron chi connectivity index (χ3n) is 3.02. The molecule has 1 aromatic rings. The predicted octanol–water partition coefficient (Wildman–Crippen LogP) is 1.31. The Balaban J connectivity index is 3.16. The van der Waals surface area contributed by atoms with Crippen LogP contribution in [0.15, 0.2) is 6.07 Å². The van der Waals surface area contributed by atoms with E-state index in [9.17, 15) is 9.59 Å². The molecule has 0 unspecified atom stereocenters. The van der Waals surface area contributed by atoms with E-state index in [2.05, 4.69) is 0 Å². The number of aryl methyl sites for hydroxylation is 1. The summed E-state index contributed by atoms with van der Waals surface area (Å²) >= 11 is 0. The van der Waals surface area contributed by atoms with Crippen molar-refractivity contribution in [3.8, 4) is 0 Å². The van der Waals surface area contributed by atoms with E-state index in [1.54, 1.807) is 26.8 Å². The minimum Gasteiger partial charge on any atom is -0.478 e. The lowest BCUT2D eigenvalue weighted by molar-refractivity contribution is -0.126. The molecular formula is C12H18N2O3. The highest BCUT2D eigenvalue weighted by atomic mass is 16.4. The number of aromatic nitrogens is 1. The van der Waals surface area contributed by atoms with Gasteiger partial charge in [-0.05, 0) is 33.8 Å². The first-order valence-corrected chi connectivity index (χ1v) is 5.36. The van der Waals surface area contributed by atoms with E-state index in [0.717, 1.165) is 5.69 Å². The lowest BCUT2D eigenvalue weighted by atomic mass is 9.92. The monoisotopic (exact) mass is 238 g/mol. The van der Waals surface area contributed by atoms with Gasteiger partial charge in [-0.25, -0.2) is 4.79 Å². The second-order valence-corrected chi connectivity index (χ2v) is 4.92. The van der Waals surface area contributed by atoms with Crippen molar-refractivity contribution in [2.24, 2.45) is 11.1 Å². The third kappa shape index (κ3) is 2.49. The van der Waals surface area contributed by atoms with Crippen molar-refractivity contribution in [2.75, 3.05) is 0 Å². The van der Waals surface area contributed by atoms with Gasteiger partial charge >= 0.3 is 5.97 Å². The van der Waals surface area contributed by atoms with Crippen LogP contribution in [-0.2, 0) is 11.3 Å². The highest BCUT2D eigenvalue weighted by molar-refractivity contribution is 5.89. The van der Waals surface area contributed by atoms with Crippen LogP contribution in [0.1, 0.15) is 35.6 Å². The average molecular weight is 238 g/mol.